The van der Waals surface area contributed by atoms with E-state index in [1.165, 1.54) is 0 Å². The lowest BCUT2D eigenvalue weighted by Gasteiger charge is -2.13. The molecule has 0 bridgehead atoms. The minimum Gasteiger partial charge on any atom is -0.495 e. The molecular formula is C33H35N7O5. The van der Waals surface area contributed by atoms with Crippen molar-refractivity contribution in [3.63, 3.8) is 0 Å². The van der Waals surface area contributed by atoms with Gasteiger partial charge >= 0.3 is 0 Å². The minimum atomic E-state index is 0.337. The smallest absolute Gasteiger partial charge is 0.231 e. The van der Waals surface area contributed by atoms with Crippen LogP contribution in [0.3, 0.4) is 0 Å². The third kappa shape index (κ3) is 6.12. The fraction of sp³-hybridized carbons (Fsp3) is 0.273. The fourth-order valence-corrected chi connectivity index (χ4v) is 5.54. The zero-order valence-electron chi connectivity index (χ0n) is 25.9. The van der Waals surface area contributed by atoms with E-state index < -0.39 is 0 Å². The Morgan fingerprint density at radius 1 is 0.556 bits per heavy atom. The molecule has 6 rings (SSSR count). The van der Waals surface area contributed by atoms with E-state index in [0.29, 0.717) is 46.3 Å². The molecule has 1 heterocycles. The van der Waals surface area contributed by atoms with Gasteiger partial charge in [-0.3, -0.25) is 10.9 Å². The molecule has 1 aromatic heterocycles. The van der Waals surface area contributed by atoms with Gasteiger partial charge in [0, 0.05) is 17.2 Å². The Morgan fingerprint density at radius 2 is 1.02 bits per heavy atom. The van der Waals surface area contributed by atoms with Crippen molar-refractivity contribution in [2.75, 3.05) is 51.7 Å². The van der Waals surface area contributed by atoms with Gasteiger partial charge in [-0.15, -0.1) is 0 Å². The molecule has 0 aliphatic heterocycles. The van der Waals surface area contributed by atoms with Crippen LogP contribution < -0.4 is 39.9 Å². The highest BCUT2D eigenvalue weighted by Crippen LogP contribution is 2.36. The van der Waals surface area contributed by atoms with Crippen LogP contribution in [0.5, 0.6) is 28.7 Å². The van der Waals surface area contributed by atoms with E-state index in [9.17, 15) is 0 Å². The van der Waals surface area contributed by atoms with Crippen LogP contribution in [-0.4, -0.2) is 56.9 Å². The Morgan fingerprint density at radius 3 is 1.51 bits per heavy atom. The van der Waals surface area contributed by atoms with Crippen LogP contribution in [-0.2, 0) is 12.8 Å². The van der Waals surface area contributed by atoms with E-state index in [2.05, 4.69) is 26.1 Å². The van der Waals surface area contributed by atoms with Crippen molar-refractivity contribution < 1.29 is 23.7 Å². The van der Waals surface area contributed by atoms with Gasteiger partial charge < -0.3 is 29.0 Å². The van der Waals surface area contributed by atoms with Crippen LogP contribution in [0, 0.1) is 0 Å². The number of hydrogen-bond acceptors (Lipinski definition) is 12. The molecular weight excluding hydrogens is 574 g/mol. The highest BCUT2D eigenvalue weighted by Gasteiger charge is 2.23. The SMILES string of the molecule is COc1ccccc1Nc1nc(NN=C2CCc3cc(OC)c(OC)cc32)cc(NN=C2CCc3cc(OC)c(OC)cc32)n1. The first kappa shape index (κ1) is 29.5. The topological polar surface area (TPSA) is 133 Å². The predicted molar refractivity (Wildman–Crippen MR) is 174 cm³/mol. The Balaban J connectivity index is 1.31. The average molecular weight is 610 g/mol. The van der Waals surface area contributed by atoms with Crippen LogP contribution in [0.2, 0.25) is 0 Å². The zero-order chi connectivity index (χ0) is 31.3. The van der Waals surface area contributed by atoms with Crippen LogP contribution >= 0.6 is 0 Å². The minimum absolute atomic E-state index is 0.337. The Labute approximate surface area is 261 Å². The van der Waals surface area contributed by atoms with Gasteiger partial charge in [0.05, 0.1) is 52.7 Å². The summed E-state index contributed by atoms with van der Waals surface area (Å²) < 4.78 is 27.5. The molecule has 0 fully saturated rings. The number of aryl methyl sites for hydroxylation is 2. The Bertz CT molecular complexity index is 1690. The van der Waals surface area contributed by atoms with Gasteiger partial charge in [-0.05, 0) is 73.2 Å². The number of para-hydroxylation sites is 2. The maximum atomic E-state index is 5.52. The second-order valence-corrected chi connectivity index (χ2v) is 10.4. The molecule has 0 amide bonds. The average Bonchev–Trinajstić information content (AvgIpc) is 3.67. The molecule has 0 radical (unpaired) electrons. The van der Waals surface area contributed by atoms with E-state index in [4.69, 9.17) is 33.9 Å². The summed E-state index contributed by atoms with van der Waals surface area (Å²) in [6, 6.07) is 17.3. The standard InChI is InChI=1S/C33H35N7O5/c1-41-26-9-7-6-8-25(26)34-33-35-31(39-37-23-12-10-19-14-27(42-2)29(44-4)16-21(19)23)18-32(36-33)40-38-24-13-11-20-15-28(43-3)30(45-5)17-22(20)24/h6-9,14-18H,10-13H2,1-5H3,(H3,34,35,36,39,40). The summed E-state index contributed by atoms with van der Waals surface area (Å²) in [4.78, 5) is 9.36. The normalized spacial score (nSPS) is 15.0. The van der Waals surface area contributed by atoms with E-state index in [-0.39, 0.29) is 0 Å². The van der Waals surface area contributed by atoms with Crippen molar-refractivity contribution in [1.29, 1.82) is 0 Å². The molecule has 12 nitrogen and oxygen atoms in total. The van der Waals surface area contributed by atoms with Gasteiger partial charge in [-0.1, -0.05) is 12.1 Å². The number of hydrogen-bond donors (Lipinski definition) is 3. The molecule has 2 aliphatic carbocycles. The highest BCUT2D eigenvalue weighted by molar-refractivity contribution is 6.06. The quantitative estimate of drug-likeness (QED) is 0.180. The lowest BCUT2D eigenvalue weighted by Crippen LogP contribution is -2.07. The lowest BCUT2D eigenvalue weighted by molar-refractivity contribution is 0.354. The van der Waals surface area contributed by atoms with Gasteiger partial charge in [-0.2, -0.15) is 20.2 Å². The summed E-state index contributed by atoms with van der Waals surface area (Å²) in [5.41, 5.74) is 13.1. The molecule has 0 spiro atoms. The van der Waals surface area contributed by atoms with Gasteiger partial charge in [0.25, 0.3) is 0 Å². The molecule has 0 atom stereocenters. The summed E-state index contributed by atoms with van der Waals surface area (Å²) in [6.45, 7) is 0. The fourth-order valence-electron chi connectivity index (χ4n) is 5.54. The largest absolute Gasteiger partial charge is 0.495 e. The molecule has 0 saturated carbocycles. The number of nitrogens with zero attached hydrogens (tertiary/aromatic N) is 4. The molecule has 0 unspecified atom stereocenters. The first-order valence-electron chi connectivity index (χ1n) is 14.5. The molecule has 3 N–H and O–H groups in total. The first-order valence-corrected chi connectivity index (χ1v) is 14.5. The number of ether oxygens (including phenoxy) is 5. The summed E-state index contributed by atoms with van der Waals surface area (Å²) in [6.07, 6.45) is 3.23. The predicted octanol–water partition coefficient (Wildman–Crippen LogP) is 5.79. The van der Waals surface area contributed by atoms with Gasteiger partial charge in [0.1, 0.15) is 5.75 Å². The molecule has 45 heavy (non-hydrogen) atoms. The summed E-state index contributed by atoms with van der Waals surface area (Å²) >= 11 is 0. The van der Waals surface area contributed by atoms with Gasteiger partial charge in [-0.25, -0.2) is 0 Å². The molecule has 2 aliphatic rings. The second-order valence-electron chi connectivity index (χ2n) is 10.4. The van der Waals surface area contributed by atoms with Gasteiger partial charge in [0.2, 0.25) is 5.95 Å². The van der Waals surface area contributed by atoms with Crippen LogP contribution in [0.4, 0.5) is 23.3 Å². The van der Waals surface area contributed by atoms with E-state index in [0.717, 1.165) is 65.0 Å². The van der Waals surface area contributed by atoms with Crippen molar-refractivity contribution >= 4 is 34.7 Å². The number of aromatic nitrogens is 2. The zero-order valence-corrected chi connectivity index (χ0v) is 25.9. The number of anilines is 4. The van der Waals surface area contributed by atoms with Gasteiger partial charge in [0.15, 0.2) is 34.6 Å². The van der Waals surface area contributed by atoms with Crippen LogP contribution in [0.1, 0.15) is 35.1 Å². The number of methoxy groups -OCH3 is 5. The molecule has 4 aromatic rings. The van der Waals surface area contributed by atoms with Crippen LogP contribution in [0.25, 0.3) is 0 Å². The number of benzene rings is 3. The van der Waals surface area contributed by atoms with E-state index >= 15 is 0 Å². The number of nitrogens with one attached hydrogen (secondary N) is 3. The van der Waals surface area contributed by atoms with Crippen molar-refractivity contribution in [3.8, 4) is 28.7 Å². The highest BCUT2D eigenvalue weighted by atomic mass is 16.5. The summed E-state index contributed by atoms with van der Waals surface area (Å²) in [5.74, 6) is 4.67. The maximum absolute atomic E-state index is 5.52. The molecule has 3 aromatic carbocycles. The van der Waals surface area contributed by atoms with Crippen molar-refractivity contribution in [2.45, 2.75) is 25.7 Å². The van der Waals surface area contributed by atoms with E-state index in [1.54, 1.807) is 41.6 Å². The van der Waals surface area contributed by atoms with Crippen molar-refractivity contribution in [2.24, 2.45) is 10.2 Å². The number of fused-ring (bicyclic) bond motifs is 2. The molecule has 232 valence electrons. The van der Waals surface area contributed by atoms with Crippen molar-refractivity contribution in [1.82, 2.24) is 9.97 Å². The second kappa shape index (κ2) is 13.0. The maximum Gasteiger partial charge on any atom is 0.231 e. The Kier molecular flexibility index (Phi) is 8.54. The van der Waals surface area contributed by atoms with E-state index in [1.807, 2.05) is 48.5 Å². The summed E-state index contributed by atoms with van der Waals surface area (Å²) in [7, 11) is 8.14. The Hall–Kier alpha value is -5.52. The monoisotopic (exact) mass is 609 g/mol. The third-order valence-corrected chi connectivity index (χ3v) is 7.79. The third-order valence-electron chi connectivity index (χ3n) is 7.79. The van der Waals surface area contributed by atoms with Crippen molar-refractivity contribution in [3.05, 3.63) is 76.9 Å². The molecule has 12 heteroatoms. The lowest BCUT2D eigenvalue weighted by atomic mass is 10.1. The van der Waals surface area contributed by atoms with Crippen LogP contribution in [0.15, 0.2) is 64.8 Å². The molecule has 0 saturated heterocycles. The number of rotatable bonds is 11. The summed E-state index contributed by atoms with van der Waals surface area (Å²) in [5, 5.41) is 12.7. The number of hydrazone groups is 2. The first-order chi connectivity index (χ1) is 22.0.